The number of hydrogen-bond donors (Lipinski definition) is 1. The second-order valence-corrected chi connectivity index (χ2v) is 4.55. The Morgan fingerprint density at radius 3 is 2.69 bits per heavy atom. The van der Waals surface area contributed by atoms with Crippen LogP contribution in [0, 0.1) is 17.0 Å². The van der Waals surface area contributed by atoms with Gasteiger partial charge >= 0.3 is 0 Å². The average Bonchev–Trinajstić information content (AvgIpc) is 2.98. The molecule has 1 saturated carbocycles. The van der Waals surface area contributed by atoms with Crippen molar-refractivity contribution < 1.29 is 4.92 Å². The van der Waals surface area contributed by atoms with E-state index >= 15 is 0 Å². The molecule has 0 atom stereocenters. The highest BCUT2D eigenvalue weighted by molar-refractivity contribution is 5.52. The van der Waals surface area contributed by atoms with Crippen LogP contribution in [0.1, 0.15) is 30.4 Å². The second kappa shape index (κ2) is 3.87. The molecule has 0 unspecified atom stereocenters. The van der Waals surface area contributed by atoms with E-state index in [2.05, 4.69) is 0 Å². The Balaban J connectivity index is 2.50. The SMILES string of the molecule is Cc1cccc([N+](=O)[O-])c1C1(CCN)CC1. The summed E-state index contributed by atoms with van der Waals surface area (Å²) in [6.45, 7) is 2.53. The maximum atomic E-state index is 11.0. The summed E-state index contributed by atoms with van der Waals surface area (Å²) >= 11 is 0. The molecule has 0 bridgehead atoms. The van der Waals surface area contributed by atoms with Gasteiger partial charge in [0.1, 0.15) is 0 Å². The van der Waals surface area contributed by atoms with Gasteiger partial charge in [0.15, 0.2) is 0 Å². The van der Waals surface area contributed by atoms with E-state index in [-0.39, 0.29) is 16.0 Å². The van der Waals surface area contributed by atoms with Crippen molar-refractivity contribution in [1.29, 1.82) is 0 Å². The molecule has 0 spiro atoms. The normalized spacial score (nSPS) is 17.1. The zero-order valence-electron chi connectivity index (χ0n) is 9.40. The third-order valence-corrected chi connectivity index (χ3v) is 3.45. The van der Waals surface area contributed by atoms with Crippen LogP contribution in [0.4, 0.5) is 5.69 Å². The maximum Gasteiger partial charge on any atom is 0.273 e. The van der Waals surface area contributed by atoms with Crippen molar-refractivity contribution in [2.75, 3.05) is 6.54 Å². The lowest BCUT2D eigenvalue weighted by Crippen LogP contribution is -2.16. The Labute approximate surface area is 94.6 Å². The van der Waals surface area contributed by atoms with Crippen LogP contribution in [-0.4, -0.2) is 11.5 Å². The van der Waals surface area contributed by atoms with E-state index < -0.39 is 0 Å². The smallest absolute Gasteiger partial charge is 0.273 e. The molecule has 2 rings (SSSR count). The third kappa shape index (κ3) is 1.69. The van der Waals surface area contributed by atoms with Gasteiger partial charge in [-0.2, -0.15) is 0 Å². The standard InChI is InChI=1S/C12H16N2O2/c1-9-3-2-4-10(14(15)16)11(9)12(5-6-12)7-8-13/h2-4H,5-8,13H2,1H3. The summed E-state index contributed by atoms with van der Waals surface area (Å²) in [6.07, 6.45) is 2.89. The van der Waals surface area contributed by atoms with Crippen LogP contribution in [0.3, 0.4) is 0 Å². The molecule has 1 aliphatic carbocycles. The molecule has 1 aromatic rings. The summed E-state index contributed by atoms with van der Waals surface area (Å²) in [6, 6.07) is 5.29. The number of hydrogen-bond acceptors (Lipinski definition) is 3. The van der Waals surface area contributed by atoms with E-state index in [1.54, 1.807) is 12.1 Å². The molecule has 1 aliphatic rings. The Morgan fingerprint density at radius 1 is 1.50 bits per heavy atom. The molecule has 86 valence electrons. The van der Waals surface area contributed by atoms with Crippen LogP contribution in [-0.2, 0) is 5.41 Å². The minimum Gasteiger partial charge on any atom is -0.330 e. The monoisotopic (exact) mass is 220 g/mol. The minimum absolute atomic E-state index is 0.0114. The van der Waals surface area contributed by atoms with E-state index in [0.29, 0.717) is 6.54 Å². The van der Waals surface area contributed by atoms with Crippen LogP contribution < -0.4 is 5.73 Å². The zero-order chi connectivity index (χ0) is 11.8. The first-order valence-electron chi connectivity index (χ1n) is 5.55. The number of benzene rings is 1. The van der Waals surface area contributed by atoms with E-state index in [1.165, 1.54) is 0 Å². The molecule has 0 saturated heterocycles. The molecular formula is C12H16N2O2. The summed E-state index contributed by atoms with van der Waals surface area (Å²) in [4.78, 5) is 10.7. The van der Waals surface area contributed by atoms with Crippen LogP contribution in [0.2, 0.25) is 0 Å². The molecule has 0 aromatic heterocycles. The van der Waals surface area contributed by atoms with Crippen LogP contribution in [0.5, 0.6) is 0 Å². The molecule has 1 fully saturated rings. The molecule has 16 heavy (non-hydrogen) atoms. The zero-order valence-corrected chi connectivity index (χ0v) is 9.40. The summed E-state index contributed by atoms with van der Waals surface area (Å²) in [7, 11) is 0. The van der Waals surface area contributed by atoms with Gasteiger partial charge in [0.05, 0.1) is 4.92 Å². The number of nitrogens with zero attached hydrogens (tertiary/aromatic N) is 1. The van der Waals surface area contributed by atoms with Crippen molar-refractivity contribution in [2.45, 2.75) is 31.6 Å². The van der Waals surface area contributed by atoms with Gasteiger partial charge in [0, 0.05) is 17.0 Å². The molecule has 4 nitrogen and oxygen atoms in total. The minimum atomic E-state index is -0.279. The van der Waals surface area contributed by atoms with Crippen LogP contribution >= 0.6 is 0 Å². The van der Waals surface area contributed by atoms with E-state index in [1.807, 2.05) is 13.0 Å². The first-order chi connectivity index (χ1) is 7.60. The van der Waals surface area contributed by atoms with Crippen molar-refractivity contribution in [2.24, 2.45) is 5.73 Å². The second-order valence-electron chi connectivity index (χ2n) is 4.55. The summed E-state index contributed by atoms with van der Waals surface area (Å²) < 4.78 is 0. The van der Waals surface area contributed by atoms with Crippen LogP contribution in [0.25, 0.3) is 0 Å². The highest BCUT2D eigenvalue weighted by atomic mass is 16.6. The molecule has 0 radical (unpaired) electrons. The van der Waals surface area contributed by atoms with E-state index in [4.69, 9.17) is 5.73 Å². The molecule has 2 N–H and O–H groups in total. The molecule has 4 heteroatoms. The van der Waals surface area contributed by atoms with Crippen molar-refractivity contribution in [1.82, 2.24) is 0 Å². The van der Waals surface area contributed by atoms with E-state index in [9.17, 15) is 10.1 Å². The van der Waals surface area contributed by atoms with Gasteiger partial charge in [-0.1, -0.05) is 12.1 Å². The van der Waals surface area contributed by atoms with Crippen molar-refractivity contribution in [3.63, 3.8) is 0 Å². The van der Waals surface area contributed by atoms with Crippen molar-refractivity contribution in [3.05, 3.63) is 39.4 Å². The molecule has 1 aromatic carbocycles. The predicted octanol–water partition coefficient (Wildman–Crippen LogP) is 2.28. The lowest BCUT2D eigenvalue weighted by molar-refractivity contribution is -0.385. The fourth-order valence-electron chi connectivity index (χ4n) is 2.55. The summed E-state index contributed by atoms with van der Waals surface area (Å²) in [5, 5.41) is 11.0. The predicted molar refractivity (Wildman–Crippen MR) is 62.4 cm³/mol. The van der Waals surface area contributed by atoms with Gasteiger partial charge < -0.3 is 5.73 Å². The Bertz CT molecular complexity index is 425. The van der Waals surface area contributed by atoms with Crippen LogP contribution in [0.15, 0.2) is 18.2 Å². The third-order valence-electron chi connectivity index (χ3n) is 3.45. The number of nitrogens with two attached hydrogens (primary N) is 1. The van der Waals surface area contributed by atoms with Gasteiger partial charge in [0.25, 0.3) is 5.69 Å². The highest BCUT2D eigenvalue weighted by Crippen LogP contribution is 2.54. The van der Waals surface area contributed by atoms with Gasteiger partial charge in [0.2, 0.25) is 0 Å². The fourth-order valence-corrected chi connectivity index (χ4v) is 2.55. The highest BCUT2D eigenvalue weighted by Gasteiger charge is 2.47. The van der Waals surface area contributed by atoms with Gasteiger partial charge in [-0.15, -0.1) is 0 Å². The number of rotatable bonds is 4. The van der Waals surface area contributed by atoms with Gasteiger partial charge in [-0.05, 0) is 38.3 Å². The van der Waals surface area contributed by atoms with Crippen molar-refractivity contribution >= 4 is 5.69 Å². The lowest BCUT2D eigenvalue weighted by Gasteiger charge is -2.17. The summed E-state index contributed by atoms with van der Waals surface area (Å²) in [5.41, 5.74) is 7.76. The maximum absolute atomic E-state index is 11.0. The van der Waals surface area contributed by atoms with E-state index in [0.717, 1.165) is 30.4 Å². The number of nitro benzene ring substituents is 1. The lowest BCUT2D eigenvalue weighted by atomic mass is 9.87. The van der Waals surface area contributed by atoms with Gasteiger partial charge in [-0.25, -0.2) is 0 Å². The average molecular weight is 220 g/mol. The topological polar surface area (TPSA) is 69.2 Å². The molecule has 0 aliphatic heterocycles. The fraction of sp³-hybridized carbons (Fsp3) is 0.500. The Hall–Kier alpha value is -1.42. The number of aryl methyl sites for hydroxylation is 1. The first-order valence-corrected chi connectivity index (χ1v) is 5.55. The summed E-state index contributed by atoms with van der Waals surface area (Å²) in [5.74, 6) is 0. The number of nitro groups is 1. The van der Waals surface area contributed by atoms with Crippen molar-refractivity contribution in [3.8, 4) is 0 Å². The quantitative estimate of drug-likeness (QED) is 0.625. The Morgan fingerprint density at radius 2 is 2.19 bits per heavy atom. The first kappa shape index (κ1) is 11.1. The van der Waals surface area contributed by atoms with Gasteiger partial charge in [-0.3, -0.25) is 10.1 Å². The Kier molecular flexibility index (Phi) is 2.68. The largest absolute Gasteiger partial charge is 0.330 e. The molecular weight excluding hydrogens is 204 g/mol. The molecule has 0 amide bonds. The molecule has 0 heterocycles.